The molecule has 14 heavy (non-hydrogen) atoms. The van der Waals surface area contributed by atoms with E-state index in [1.807, 2.05) is 19.1 Å². The first kappa shape index (κ1) is 9.51. The molecule has 2 rings (SSSR count). The zero-order valence-corrected chi connectivity index (χ0v) is 9.87. The second-order valence-corrected chi connectivity index (χ2v) is 4.29. The first-order valence-electron chi connectivity index (χ1n) is 4.28. The van der Waals surface area contributed by atoms with Gasteiger partial charge in [-0.1, -0.05) is 0 Å². The maximum Gasteiger partial charge on any atom is 0.204 e. The van der Waals surface area contributed by atoms with Crippen LogP contribution in [-0.4, -0.2) is 9.97 Å². The lowest BCUT2D eigenvalue weighted by Crippen LogP contribution is -1.91. The summed E-state index contributed by atoms with van der Waals surface area (Å²) in [5, 5.41) is 3.18. The Morgan fingerprint density at radius 2 is 2.00 bits per heavy atom. The number of benzene rings is 1. The fourth-order valence-corrected chi connectivity index (χ4v) is 1.51. The second kappa shape index (κ2) is 4.00. The number of aromatic amines is 1. The predicted molar refractivity (Wildman–Crippen MR) is 65.8 cm³/mol. The van der Waals surface area contributed by atoms with Crippen LogP contribution in [0, 0.1) is 10.5 Å². The van der Waals surface area contributed by atoms with Gasteiger partial charge in [0.15, 0.2) is 0 Å². The van der Waals surface area contributed by atoms with Crippen molar-refractivity contribution in [2.24, 2.45) is 0 Å². The highest BCUT2D eigenvalue weighted by Crippen LogP contribution is 2.15. The van der Waals surface area contributed by atoms with Crippen LogP contribution in [0.15, 0.2) is 30.5 Å². The lowest BCUT2D eigenvalue weighted by atomic mass is 10.3. The normalized spacial score (nSPS) is 10.1. The van der Waals surface area contributed by atoms with Crippen LogP contribution >= 0.6 is 22.6 Å². The number of aryl methyl sites for hydroxylation is 1. The molecule has 3 nitrogen and oxygen atoms in total. The molecule has 0 radical (unpaired) electrons. The molecule has 0 unspecified atom stereocenters. The van der Waals surface area contributed by atoms with E-state index in [0.717, 1.165) is 17.3 Å². The van der Waals surface area contributed by atoms with E-state index >= 15 is 0 Å². The van der Waals surface area contributed by atoms with Crippen molar-refractivity contribution in [1.82, 2.24) is 9.97 Å². The van der Waals surface area contributed by atoms with Crippen molar-refractivity contribution in [1.29, 1.82) is 0 Å². The molecule has 0 aliphatic carbocycles. The first-order chi connectivity index (χ1) is 6.74. The van der Waals surface area contributed by atoms with Crippen LogP contribution in [0.1, 0.15) is 5.69 Å². The minimum Gasteiger partial charge on any atom is -0.328 e. The van der Waals surface area contributed by atoms with E-state index in [2.05, 4.69) is 50.0 Å². The summed E-state index contributed by atoms with van der Waals surface area (Å²) in [6, 6.07) is 8.16. The second-order valence-electron chi connectivity index (χ2n) is 3.05. The average Bonchev–Trinajstić information content (AvgIpc) is 2.56. The van der Waals surface area contributed by atoms with E-state index in [0.29, 0.717) is 0 Å². The fourth-order valence-electron chi connectivity index (χ4n) is 1.15. The third kappa shape index (κ3) is 2.25. The average molecular weight is 299 g/mol. The number of H-pyrrole nitrogens is 1. The van der Waals surface area contributed by atoms with Crippen LogP contribution < -0.4 is 5.32 Å². The lowest BCUT2D eigenvalue weighted by molar-refractivity contribution is 1.24. The summed E-state index contributed by atoms with van der Waals surface area (Å²) in [6.07, 6.45) is 1.80. The quantitative estimate of drug-likeness (QED) is 0.837. The number of nitrogens with zero attached hydrogens (tertiary/aromatic N) is 1. The molecule has 1 aromatic heterocycles. The van der Waals surface area contributed by atoms with Gasteiger partial charge in [-0.25, -0.2) is 4.98 Å². The molecular weight excluding hydrogens is 289 g/mol. The van der Waals surface area contributed by atoms with Crippen LogP contribution in [0.4, 0.5) is 11.6 Å². The third-order valence-electron chi connectivity index (χ3n) is 1.81. The monoisotopic (exact) mass is 299 g/mol. The Morgan fingerprint density at radius 3 is 2.57 bits per heavy atom. The van der Waals surface area contributed by atoms with Crippen molar-refractivity contribution >= 4 is 34.2 Å². The number of anilines is 2. The van der Waals surface area contributed by atoms with Gasteiger partial charge in [-0.05, 0) is 53.8 Å². The van der Waals surface area contributed by atoms with Crippen molar-refractivity contribution in [3.63, 3.8) is 0 Å². The number of aromatic nitrogens is 2. The summed E-state index contributed by atoms with van der Waals surface area (Å²) < 4.78 is 1.23. The molecular formula is C10H10IN3. The summed E-state index contributed by atoms with van der Waals surface area (Å²) in [5.74, 6) is 0.781. The molecule has 2 aromatic rings. The smallest absolute Gasteiger partial charge is 0.204 e. The molecule has 4 heteroatoms. The van der Waals surface area contributed by atoms with Crippen LogP contribution in [0.2, 0.25) is 0 Å². The molecule has 0 aliphatic rings. The van der Waals surface area contributed by atoms with Gasteiger partial charge >= 0.3 is 0 Å². The Bertz CT molecular complexity index is 419. The van der Waals surface area contributed by atoms with Gasteiger partial charge in [0.2, 0.25) is 5.95 Å². The van der Waals surface area contributed by atoms with Crippen molar-refractivity contribution in [2.45, 2.75) is 6.92 Å². The Morgan fingerprint density at radius 1 is 1.29 bits per heavy atom. The van der Waals surface area contributed by atoms with E-state index in [9.17, 15) is 0 Å². The van der Waals surface area contributed by atoms with E-state index < -0.39 is 0 Å². The molecule has 1 aromatic carbocycles. The number of nitrogens with one attached hydrogen (secondary N) is 2. The van der Waals surface area contributed by atoms with Gasteiger partial charge in [-0.3, -0.25) is 0 Å². The Kier molecular flexibility index (Phi) is 2.72. The van der Waals surface area contributed by atoms with Gasteiger partial charge in [0.1, 0.15) is 0 Å². The van der Waals surface area contributed by atoms with E-state index in [1.54, 1.807) is 6.20 Å². The number of hydrogen-bond donors (Lipinski definition) is 2. The SMILES string of the molecule is Cc1cnc(Nc2ccc(I)cc2)[nH]1. The molecule has 1 heterocycles. The number of imidazole rings is 1. The van der Waals surface area contributed by atoms with Gasteiger partial charge in [0, 0.05) is 21.1 Å². The summed E-state index contributed by atoms with van der Waals surface area (Å²) in [7, 11) is 0. The molecule has 0 saturated heterocycles. The van der Waals surface area contributed by atoms with E-state index in [-0.39, 0.29) is 0 Å². The van der Waals surface area contributed by atoms with E-state index in [1.165, 1.54) is 3.57 Å². The van der Waals surface area contributed by atoms with Crippen LogP contribution in [0.3, 0.4) is 0 Å². The van der Waals surface area contributed by atoms with Gasteiger partial charge in [-0.2, -0.15) is 0 Å². The summed E-state index contributed by atoms with van der Waals surface area (Å²) in [4.78, 5) is 7.28. The molecule has 0 amide bonds. The summed E-state index contributed by atoms with van der Waals surface area (Å²) in [6.45, 7) is 1.98. The van der Waals surface area contributed by atoms with Crippen molar-refractivity contribution in [3.8, 4) is 0 Å². The van der Waals surface area contributed by atoms with Gasteiger partial charge in [0.05, 0.1) is 0 Å². The molecule has 0 bridgehead atoms. The highest BCUT2D eigenvalue weighted by molar-refractivity contribution is 14.1. The molecule has 0 fully saturated rings. The van der Waals surface area contributed by atoms with Gasteiger partial charge in [0.25, 0.3) is 0 Å². The van der Waals surface area contributed by atoms with Crippen molar-refractivity contribution in [3.05, 3.63) is 39.7 Å². The zero-order valence-electron chi connectivity index (χ0n) is 7.71. The topological polar surface area (TPSA) is 40.7 Å². The molecule has 2 N–H and O–H groups in total. The highest BCUT2D eigenvalue weighted by Gasteiger charge is 1.97. The summed E-state index contributed by atoms with van der Waals surface area (Å²) >= 11 is 2.28. The Balaban J connectivity index is 2.15. The van der Waals surface area contributed by atoms with Gasteiger partial charge in [-0.15, -0.1) is 0 Å². The summed E-state index contributed by atoms with van der Waals surface area (Å²) in [5.41, 5.74) is 2.10. The fraction of sp³-hybridized carbons (Fsp3) is 0.100. The molecule has 72 valence electrons. The largest absolute Gasteiger partial charge is 0.328 e. The van der Waals surface area contributed by atoms with Crippen LogP contribution in [0.25, 0.3) is 0 Å². The van der Waals surface area contributed by atoms with Crippen molar-refractivity contribution < 1.29 is 0 Å². The zero-order chi connectivity index (χ0) is 9.97. The molecule has 0 atom stereocenters. The third-order valence-corrected chi connectivity index (χ3v) is 2.53. The Labute approximate surface area is 96.1 Å². The lowest BCUT2D eigenvalue weighted by Gasteiger charge is -2.01. The number of rotatable bonds is 2. The van der Waals surface area contributed by atoms with Crippen LogP contribution in [0.5, 0.6) is 0 Å². The first-order valence-corrected chi connectivity index (χ1v) is 5.36. The minimum absolute atomic E-state index is 0.781. The maximum absolute atomic E-state index is 4.16. The minimum atomic E-state index is 0.781. The molecule has 0 spiro atoms. The Hall–Kier alpha value is -1.04. The van der Waals surface area contributed by atoms with Crippen molar-refractivity contribution in [2.75, 3.05) is 5.32 Å². The van der Waals surface area contributed by atoms with Gasteiger partial charge < -0.3 is 10.3 Å². The predicted octanol–water partition coefficient (Wildman–Crippen LogP) is 3.07. The van der Waals surface area contributed by atoms with Crippen LogP contribution in [-0.2, 0) is 0 Å². The maximum atomic E-state index is 4.16. The standard InChI is InChI=1S/C10H10IN3/c1-7-6-12-10(13-7)14-9-4-2-8(11)3-5-9/h2-6H,1H3,(H2,12,13,14). The molecule has 0 aliphatic heterocycles. The number of halogens is 1. The van der Waals surface area contributed by atoms with E-state index in [4.69, 9.17) is 0 Å². The number of hydrogen-bond acceptors (Lipinski definition) is 2. The highest BCUT2D eigenvalue weighted by atomic mass is 127. The molecule has 0 saturated carbocycles.